The normalized spacial score (nSPS) is 15.2. The molecule has 0 bridgehead atoms. The first-order chi connectivity index (χ1) is 7.92. The molecular weight excluding hydrogens is 202 g/mol. The fraction of sp³-hybridized carbons (Fsp3) is 0.364. The molecule has 0 atom stereocenters. The van der Waals surface area contributed by atoms with E-state index in [1.165, 1.54) is 24.7 Å². The van der Waals surface area contributed by atoms with E-state index < -0.39 is 0 Å². The van der Waals surface area contributed by atoms with Crippen LogP contribution in [0, 0.1) is 0 Å². The van der Waals surface area contributed by atoms with E-state index in [9.17, 15) is 0 Å². The average Bonchev–Trinajstić information content (AvgIpc) is 3.00. The first kappa shape index (κ1) is 9.47. The van der Waals surface area contributed by atoms with Crippen LogP contribution >= 0.6 is 0 Å². The summed E-state index contributed by atoms with van der Waals surface area (Å²) in [5.74, 6) is 0.799. The lowest BCUT2D eigenvalue weighted by Crippen LogP contribution is -2.15. The van der Waals surface area contributed by atoms with Crippen molar-refractivity contribution < 1.29 is 0 Å². The average molecular weight is 215 g/mol. The van der Waals surface area contributed by atoms with Crippen LogP contribution in [0.3, 0.4) is 0 Å². The molecule has 1 aliphatic rings. The minimum absolute atomic E-state index is 0.731. The molecule has 2 aromatic rings. The van der Waals surface area contributed by atoms with Gasteiger partial charge in [-0.3, -0.25) is 0 Å². The second-order valence-corrected chi connectivity index (χ2v) is 4.02. The van der Waals surface area contributed by atoms with Crippen molar-refractivity contribution in [3.8, 4) is 5.82 Å². The van der Waals surface area contributed by atoms with Crippen molar-refractivity contribution in [2.45, 2.75) is 25.4 Å². The molecule has 0 spiro atoms. The monoisotopic (exact) mass is 215 g/mol. The smallest absolute Gasteiger partial charge is 0.155 e. The zero-order valence-corrected chi connectivity index (χ0v) is 8.87. The Kier molecular flexibility index (Phi) is 2.38. The Morgan fingerprint density at radius 3 is 2.94 bits per heavy atom. The Labute approximate surface area is 93.5 Å². The van der Waals surface area contributed by atoms with E-state index in [-0.39, 0.29) is 0 Å². The Morgan fingerprint density at radius 1 is 1.38 bits per heavy atom. The molecule has 2 heterocycles. The molecule has 82 valence electrons. The summed E-state index contributed by atoms with van der Waals surface area (Å²) in [5.41, 5.74) is 1.20. The molecule has 1 saturated carbocycles. The van der Waals surface area contributed by atoms with Gasteiger partial charge in [-0.15, -0.1) is 0 Å². The Bertz CT molecular complexity index is 444. The number of pyridine rings is 1. The Morgan fingerprint density at radius 2 is 2.31 bits per heavy atom. The lowest BCUT2D eigenvalue weighted by molar-refractivity contribution is 0.685. The zero-order chi connectivity index (χ0) is 10.8. The van der Waals surface area contributed by atoms with Crippen LogP contribution in [-0.4, -0.2) is 25.8 Å². The van der Waals surface area contributed by atoms with Gasteiger partial charge in [0.25, 0.3) is 0 Å². The fourth-order valence-electron chi connectivity index (χ4n) is 1.53. The van der Waals surface area contributed by atoms with Crippen LogP contribution in [0.4, 0.5) is 0 Å². The summed E-state index contributed by atoms with van der Waals surface area (Å²) in [6.07, 6.45) is 7.65. The highest BCUT2D eigenvalue weighted by molar-refractivity contribution is 5.23. The molecule has 0 aliphatic heterocycles. The number of nitrogens with one attached hydrogen (secondary N) is 1. The standard InChI is InChI=1S/C11H13N5/c1-4-11(16-8-12-7-15-16)14-6-9(1)5-13-10-2-3-10/h1,4,6-8,10,13H,2-3,5H2. The molecule has 5 heteroatoms. The molecule has 5 nitrogen and oxygen atoms in total. The maximum atomic E-state index is 4.34. The van der Waals surface area contributed by atoms with E-state index in [0.29, 0.717) is 0 Å². The van der Waals surface area contributed by atoms with Crippen LogP contribution in [0.5, 0.6) is 0 Å². The van der Waals surface area contributed by atoms with Gasteiger partial charge in [0.15, 0.2) is 5.82 Å². The summed E-state index contributed by atoms with van der Waals surface area (Å²) < 4.78 is 1.65. The molecule has 16 heavy (non-hydrogen) atoms. The predicted molar refractivity (Wildman–Crippen MR) is 59.0 cm³/mol. The first-order valence-electron chi connectivity index (χ1n) is 5.45. The molecule has 0 saturated heterocycles. The van der Waals surface area contributed by atoms with Crippen LogP contribution in [0.2, 0.25) is 0 Å². The van der Waals surface area contributed by atoms with Crippen molar-refractivity contribution in [3.05, 3.63) is 36.5 Å². The molecule has 1 N–H and O–H groups in total. The van der Waals surface area contributed by atoms with Gasteiger partial charge >= 0.3 is 0 Å². The third-order valence-corrected chi connectivity index (χ3v) is 2.63. The van der Waals surface area contributed by atoms with Crippen molar-refractivity contribution in [3.63, 3.8) is 0 Å². The van der Waals surface area contributed by atoms with Crippen LogP contribution in [0.15, 0.2) is 31.0 Å². The van der Waals surface area contributed by atoms with Gasteiger partial charge in [-0.1, -0.05) is 6.07 Å². The highest BCUT2D eigenvalue weighted by atomic mass is 15.3. The van der Waals surface area contributed by atoms with Crippen LogP contribution in [-0.2, 0) is 6.54 Å². The number of aromatic nitrogens is 4. The summed E-state index contributed by atoms with van der Waals surface area (Å²) in [4.78, 5) is 8.23. The highest BCUT2D eigenvalue weighted by Gasteiger charge is 2.19. The van der Waals surface area contributed by atoms with E-state index in [4.69, 9.17) is 0 Å². The van der Waals surface area contributed by atoms with Crippen LogP contribution in [0.1, 0.15) is 18.4 Å². The van der Waals surface area contributed by atoms with Gasteiger partial charge < -0.3 is 5.32 Å². The van der Waals surface area contributed by atoms with E-state index in [1.807, 2.05) is 12.3 Å². The van der Waals surface area contributed by atoms with E-state index in [0.717, 1.165) is 18.4 Å². The predicted octanol–water partition coefficient (Wildman–Crippen LogP) is 0.914. The number of hydrogen-bond donors (Lipinski definition) is 1. The quantitative estimate of drug-likeness (QED) is 0.823. The van der Waals surface area contributed by atoms with Crippen molar-refractivity contribution in [2.24, 2.45) is 0 Å². The summed E-state index contributed by atoms with van der Waals surface area (Å²) in [5, 5.41) is 7.48. The van der Waals surface area contributed by atoms with Gasteiger partial charge in [-0.05, 0) is 24.5 Å². The first-order valence-corrected chi connectivity index (χ1v) is 5.45. The minimum atomic E-state index is 0.731. The number of hydrogen-bond acceptors (Lipinski definition) is 4. The van der Waals surface area contributed by atoms with Gasteiger partial charge in [0, 0.05) is 18.8 Å². The molecule has 2 aromatic heterocycles. The lowest BCUT2D eigenvalue weighted by Gasteiger charge is -2.03. The second-order valence-electron chi connectivity index (χ2n) is 4.02. The third kappa shape index (κ3) is 2.09. The minimum Gasteiger partial charge on any atom is -0.310 e. The van der Waals surface area contributed by atoms with Crippen molar-refractivity contribution in [1.82, 2.24) is 25.1 Å². The molecule has 1 fully saturated rings. The highest BCUT2D eigenvalue weighted by Crippen LogP contribution is 2.19. The van der Waals surface area contributed by atoms with E-state index in [1.54, 1.807) is 11.0 Å². The Balaban J connectivity index is 1.69. The third-order valence-electron chi connectivity index (χ3n) is 2.63. The van der Waals surface area contributed by atoms with E-state index >= 15 is 0 Å². The summed E-state index contributed by atoms with van der Waals surface area (Å²) >= 11 is 0. The second kappa shape index (κ2) is 4.02. The number of nitrogens with zero attached hydrogens (tertiary/aromatic N) is 4. The van der Waals surface area contributed by atoms with Gasteiger partial charge in [-0.25, -0.2) is 14.6 Å². The maximum absolute atomic E-state index is 4.34. The Hall–Kier alpha value is -1.75. The summed E-state index contributed by atoms with van der Waals surface area (Å²) in [6, 6.07) is 4.76. The van der Waals surface area contributed by atoms with Gasteiger partial charge in [0.05, 0.1) is 0 Å². The topological polar surface area (TPSA) is 55.6 Å². The fourth-order valence-corrected chi connectivity index (χ4v) is 1.53. The van der Waals surface area contributed by atoms with E-state index in [2.05, 4.69) is 26.4 Å². The number of rotatable bonds is 4. The molecular formula is C11H13N5. The molecule has 0 amide bonds. The molecule has 0 radical (unpaired) electrons. The van der Waals surface area contributed by atoms with Crippen LogP contribution < -0.4 is 5.32 Å². The molecule has 0 unspecified atom stereocenters. The molecule has 1 aliphatic carbocycles. The lowest BCUT2D eigenvalue weighted by atomic mass is 10.3. The van der Waals surface area contributed by atoms with Gasteiger partial charge in [0.1, 0.15) is 12.7 Å². The molecule has 0 aromatic carbocycles. The van der Waals surface area contributed by atoms with Crippen molar-refractivity contribution in [1.29, 1.82) is 0 Å². The van der Waals surface area contributed by atoms with Gasteiger partial charge in [-0.2, -0.15) is 5.10 Å². The maximum Gasteiger partial charge on any atom is 0.155 e. The van der Waals surface area contributed by atoms with Crippen molar-refractivity contribution in [2.75, 3.05) is 0 Å². The summed E-state index contributed by atoms with van der Waals surface area (Å²) in [7, 11) is 0. The van der Waals surface area contributed by atoms with Crippen molar-refractivity contribution >= 4 is 0 Å². The molecule has 3 rings (SSSR count). The van der Waals surface area contributed by atoms with Crippen LogP contribution in [0.25, 0.3) is 5.82 Å². The zero-order valence-electron chi connectivity index (χ0n) is 8.87. The van der Waals surface area contributed by atoms with Gasteiger partial charge in [0.2, 0.25) is 0 Å². The largest absolute Gasteiger partial charge is 0.310 e. The summed E-state index contributed by atoms with van der Waals surface area (Å²) in [6.45, 7) is 0.898. The SMILES string of the molecule is c1ncn(-c2ccc(CNC3CC3)cn2)n1.